The van der Waals surface area contributed by atoms with Crippen molar-refractivity contribution in [3.63, 3.8) is 0 Å². The van der Waals surface area contributed by atoms with Crippen LogP contribution in [0.15, 0.2) is 54.7 Å². The summed E-state index contributed by atoms with van der Waals surface area (Å²) in [5, 5.41) is 0. The molecular weight excluding hydrogens is 338 g/mol. The number of ether oxygens (including phenoxy) is 1. The molecule has 1 saturated heterocycles. The van der Waals surface area contributed by atoms with Gasteiger partial charge in [0.05, 0.1) is 24.3 Å². The molecule has 5 heteroatoms. The summed E-state index contributed by atoms with van der Waals surface area (Å²) in [5.74, 6) is 1.15. The summed E-state index contributed by atoms with van der Waals surface area (Å²) in [4.78, 5) is 23.9. The first kappa shape index (κ1) is 17.5. The van der Waals surface area contributed by atoms with Gasteiger partial charge in [0.15, 0.2) is 0 Å². The van der Waals surface area contributed by atoms with Crippen LogP contribution in [0.1, 0.15) is 41.2 Å². The van der Waals surface area contributed by atoms with Crippen molar-refractivity contribution in [3.05, 3.63) is 66.0 Å². The zero-order valence-corrected chi connectivity index (χ0v) is 15.5. The van der Waals surface area contributed by atoms with E-state index in [1.807, 2.05) is 41.3 Å². The van der Waals surface area contributed by atoms with E-state index in [4.69, 9.17) is 4.74 Å². The maximum Gasteiger partial charge on any atom is 0.274 e. The van der Waals surface area contributed by atoms with Gasteiger partial charge in [0.2, 0.25) is 0 Å². The van der Waals surface area contributed by atoms with E-state index in [9.17, 15) is 4.79 Å². The highest BCUT2D eigenvalue weighted by molar-refractivity contribution is 5.93. The van der Waals surface area contributed by atoms with Crippen LogP contribution in [0.5, 0.6) is 5.75 Å². The van der Waals surface area contributed by atoms with Gasteiger partial charge < -0.3 is 9.64 Å². The minimum Gasteiger partial charge on any atom is -0.497 e. The standard InChI is InChI=1S/C22H23N3O2/c1-27-18-11-9-16(10-12-18)17-6-4-5-13-25(15-17)22(26)21-14-23-19-7-2-3-8-20(19)24-21/h2-3,7-12,14,17H,4-6,13,15H2,1H3. The number of likely N-dealkylation sites (tertiary alicyclic amines) is 1. The van der Waals surface area contributed by atoms with Crippen LogP contribution < -0.4 is 4.74 Å². The molecule has 138 valence electrons. The molecule has 0 radical (unpaired) electrons. The number of nitrogens with zero attached hydrogens (tertiary/aromatic N) is 3. The Hall–Kier alpha value is -2.95. The van der Waals surface area contributed by atoms with E-state index in [0.717, 1.165) is 42.6 Å². The molecule has 1 unspecified atom stereocenters. The molecule has 0 spiro atoms. The van der Waals surface area contributed by atoms with Crippen LogP contribution in [0.25, 0.3) is 11.0 Å². The zero-order chi connectivity index (χ0) is 18.6. The van der Waals surface area contributed by atoms with Crippen molar-refractivity contribution in [2.75, 3.05) is 20.2 Å². The Morgan fingerprint density at radius 2 is 1.85 bits per heavy atom. The molecule has 5 nitrogen and oxygen atoms in total. The Morgan fingerprint density at radius 1 is 1.07 bits per heavy atom. The predicted octanol–water partition coefficient (Wildman–Crippen LogP) is 4.05. The van der Waals surface area contributed by atoms with Crippen molar-refractivity contribution < 1.29 is 9.53 Å². The molecule has 1 aliphatic rings. The van der Waals surface area contributed by atoms with Gasteiger partial charge in [-0.3, -0.25) is 9.78 Å². The molecule has 2 heterocycles. The van der Waals surface area contributed by atoms with E-state index in [-0.39, 0.29) is 5.91 Å². The first-order valence-corrected chi connectivity index (χ1v) is 9.39. The summed E-state index contributed by atoms with van der Waals surface area (Å²) in [5.41, 5.74) is 3.23. The number of rotatable bonds is 3. The van der Waals surface area contributed by atoms with Gasteiger partial charge in [-0.05, 0) is 42.7 Å². The van der Waals surface area contributed by atoms with Crippen molar-refractivity contribution in [1.29, 1.82) is 0 Å². The summed E-state index contributed by atoms with van der Waals surface area (Å²) in [7, 11) is 1.67. The number of benzene rings is 2. The van der Waals surface area contributed by atoms with Crippen molar-refractivity contribution in [3.8, 4) is 5.75 Å². The number of hydrogen-bond acceptors (Lipinski definition) is 4. The van der Waals surface area contributed by atoms with E-state index in [1.54, 1.807) is 13.3 Å². The Morgan fingerprint density at radius 3 is 2.63 bits per heavy atom. The smallest absolute Gasteiger partial charge is 0.274 e. The number of fused-ring (bicyclic) bond motifs is 1. The van der Waals surface area contributed by atoms with E-state index in [1.165, 1.54) is 5.56 Å². The number of methoxy groups -OCH3 is 1. The van der Waals surface area contributed by atoms with Gasteiger partial charge in [0.1, 0.15) is 11.4 Å². The summed E-state index contributed by atoms with van der Waals surface area (Å²) in [6.07, 6.45) is 4.81. The Labute approximate surface area is 159 Å². The number of para-hydroxylation sites is 2. The van der Waals surface area contributed by atoms with Gasteiger partial charge >= 0.3 is 0 Å². The second-order valence-corrected chi connectivity index (χ2v) is 6.96. The highest BCUT2D eigenvalue weighted by atomic mass is 16.5. The molecule has 1 fully saturated rings. The van der Waals surface area contributed by atoms with Crippen LogP contribution in [0.3, 0.4) is 0 Å². The minimum atomic E-state index is -0.0336. The van der Waals surface area contributed by atoms with Crippen molar-refractivity contribution in [2.24, 2.45) is 0 Å². The molecule has 2 aromatic carbocycles. The molecule has 1 aliphatic heterocycles. The normalized spacial score (nSPS) is 17.5. The number of carbonyl (C=O) groups is 1. The Balaban J connectivity index is 1.56. The molecule has 1 atom stereocenters. The van der Waals surface area contributed by atoms with Crippen LogP contribution in [0.4, 0.5) is 0 Å². The lowest BCUT2D eigenvalue weighted by Crippen LogP contribution is -2.34. The van der Waals surface area contributed by atoms with Crippen molar-refractivity contribution in [2.45, 2.75) is 25.2 Å². The van der Waals surface area contributed by atoms with Gasteiger partial charge in [-0.15, -0.1) is 0 Å². The van der Waals surface area contributed by atoms with E-state index >= 15 is 0 Å². The monoisotopic (exact) mass is 361 g/mol. The Kier molecular flexibility index (Phi) is 5.01. The van der Waals surface area contributed by atoms with Crippen LogP contribution >= 0.6 is 0 Å². The molecular formula is C22H23N3O2. The molecule has 0 bridgehead atoms. The second kappa shape index (κ2) is 7.74. The third-order valence-corrected chi connectivity index (χ3v) is 5.21. The number of aromatic nitrogens is 2. The summed E-state index contributed by atoms with van der Waals surface area (Å²) >= 11 is 0. The number of hydrogen-bond donors (Lipinski definition) is 0. The number of carbonyl (C=O) groups excluding carboxylic acids is 1. The van der Waals surface area contributed by atoms with Gasteiger partial charge in [-0.2, -0.15) is 0 Å². The molecule has 1 aromatic heterocycles. The Bertz CT molecular complexity index is 940. The fraction of sp³-hybridized carbons (Fsp3) is 0.318. The molecule has 0 saturated carbocycles. The van der Waals surface area contributed by atoms with Gasteiger partial charge in [-0.1, -0.05) is 30.7 Å². The van der Waals surface area contributed by atoms with Crippen LogP contribution in [-0.4, -0.2) is 41.0 Å². The molecule has 3 aromatic rings. The third-order valence-electron chi connectivity index (χ3n) is 5.21. The topological polar surface area (TPSA) is 55.3 Å². The van der Waals surface area contributed by atoms with Crippen LogP contribution in [0.2, 0.25) is 0 Å². The quantitative estimate of drug-likeness (QED) is 0.706. The van der Waals surface area contributed by atoms with Crippen molar-refractivity contribution >= 4 is 16.9 Å². The highest BCUT2D eigenvalue weighted by Gasteiger charge is 2.25. The van der Waals surface area contributed by atoms with E-state index in [2.05, 4.69) is 22.1 Å². The minimum absolute atomic E-state index is 0.0336. The highest BCUT2D eigenvalue weighted by Crippen LogP contribution is 2.28. The maximum atomic E-state index is 13.1. The van der Waals surface area contributed by atoms with Crippen LogP contribution in [-0.2, 0) is 0 Å². The average Bonchev–Trinajstić information content (AvgIpc) is 2.99. The fourth-order valence-electron chi connectivity index (χ4n) is 3.70. The molecule has 1 amide bonds. The average molecular weight is 361 g/mol. The fourth-order valence-corrected chi connectivity index (χ4v) is 3.70. The zero-order valence-electron chi connectivity index (χ0n) is 15.5. The summed E-state index contributed by atoms with van der Waals surface area (Å²) in [6, 6.07) is 15.8. The van der Waals surface area contributed by atoms with E-state index < -0.39 is 0 Å². The SMILES string of the molecule is COc1ccc(C2CCCCN(C(=O)c3cnc4ccccc4n3)C2)cc1. The van der Waals surface area contributed by atoms with Gasteiger partial charge in [0, 0.05) is 19.0 Å². The third kappa shape index (κ3) is 3.77. The lowest BCUT2D eigenvalue weighted by Gasteiger charge is -2.24. The van der Waals surface area contributed by atoms with Gasteiger partial charge in [0.25, 0.3) is 5.91 Å². The first-order valence-electron chi connectivity index (χ1n) is 9.39. The largest absolute Gasteiger partial charge is 0.497 e. The summed E-state index contributed by atoms with van der Waals surface area (Å²) in [6.45, 7) is 1.47. The second-order valence-electron chi connectivity index (χ2n) is 6.96. The maximum absolute atomic E-state index is 13.1. The lowest BCUT2D eigenvalue weighted by atomic mass is 9.94. The number of amides is 1. The molecule has 27 heavy (non-hydrogen) atoms. The lowest BCUT2D eigenvalue weighted by molar-refractivity contribution is 0.0748. The molecule has 0 aliphatic carbocycles. The first-order chi connectivity index (χ1) is 13.2. The van der Waals surface area contributed by atoms with Crippen molar-refractivity contribution in [1.82, 2.24) is 14.9 Å². The predicted molar refractivity (Wildman–Crippen MR) is 105 cm³/mol. The summed E-state index contributed by atoms with van der Waals surface area (Å²) < 4.78 is 5.25. The molecule has 0 N–H and O–H groups in total. The van der Waals surface area contributed by atoms with Crippen LogP contribution in [0, 0.1) is 0 Å². The van der Waals surface area contributed by atoms with Gasteiger partial charge in [-0.25, -0.2) is 4.98 Å². The van der Waals surface area contributed by atoms with E-state index in [0.29, 0.717) is 18.2 Å². The molecule has 4 rings (SSSR count).